The summed E-state index contributed by atoms with van der Waals surface area (Å²) in [4.78, 5) is 27.9. The summed E-state index contributed by atoms with van der Waals surface area (Å²) in [6.45, 7) is -1.12. The number of thiazole rings is 1. The topological polar surface area (TPSA) is 120 Å². The van der Waals surface area contributed by atoms with E-state index in [0.717, 1.165) is 10.9 Å². The molecule has 0 saturated heterocycles. The molecule has 8 nitrogen and oxygen atoms in total. The van der Waals surface area contributed by atoms with Crippen molar-refractivity contribution in [2.45, 2.75) is 13.5 Å². The van der Waals surface area contributed by atoms with E-state index in [1.165, 1.54) is 35.6 Å². The molecule has 0 fully saturated rings. The minimum atomic E-state index is -2.91. The monoisotopic (exact) mass is 420 g/mol. The Hall–Kier alpha value is -3.60. The van der Waals surface area contributed by atoms with Gasteiger partial charge in [0.1, 0.15) is 11.4 Å². The molecule has 0 spiro atoms. The first-order chi connectivity index (χ1) is 13.7. The Labute approximate surface area is 167 Å². The number of nitrogen functional groups attached to an aromatic ring is 1. The van der Waals surface area contributed by atoms with Crippen molar-refractivity contribution in [3.05, 3.63) is 63.0 Å². The maximum absolute atomic E-state index is 12.4. The van der Waals surface area contributed by atoms with Crippen LogP contribution in [0.3, 0.4) is 0 Å². The lowest BCUT2D eigenvalue weighted by molar-refractivity contribution is -0.383. The maximum atomic E-state index is 12.4. The number of hydrogen-bond acceptors (Lipinski definition) is 7. The first-order valence-corrected chi connectivity index (χ1v) is 8.94. The molecule has 0 saturated carbocycles. The third-order valence-corrected chi connectivity index (χ3v) is 4.75. The van der Waals surface area contributed by atoms with Gasteiger partial charge < -0.3 is 10.5 Å². The van der Waals surface area contributed by atoms with Gasteiger partial charge in [-0.3, -0.25) is 20.2 Å². The van der Waals surface area contributed by atoms with Crippen LogP contribution in [0.5, 0.6) is 5.75 Å². The smallest absolute Gasteiger partial charge is 0.387 e. The summed E-state index contributed by atoms with van der Waals surface area (Å²) < 4.78 is 28.8. The van der Waals surface area contributed by atoms with Crippen LogP contribution in [0, 0.1) is 17.0 Å². The largest absolute Gasteiger partial charge is 0.435 e. The number of nitro benzene ring substituents is 1. The predicted octanol–water partition coefficient (Wildman–Crippen LogP) is 4.46. The highest BCUT2D eigenvalue weighted by Crippen LogP contribution is 2.32. The number of ether oxygens (including phenoxy) is 1. The van der Waals surface area contributed by atoms with Gasteiger partial charge in [-0.1, -0.05) is 0 Å². The number of benzene rings is 2. The van der Waals surface area contributed by atoms with E-state index < -0.39 is 17.4 Å². The summed E-state index contributed by atoms with van der Waals surface area (Å²) in [6, 6.07) is 9.70. The molecular weight excluding hydrogens is 406 g/mol. The summed E-state index contributed by atoms with van der Waals surface area (Å²) in [7, 11) is 0. The summed E-state index contributed by atoms with van der Waals surface area (Å²) in [5.41, 5.74) is 6.42. The lowest BCUT2D eigenvalue weighted by Gasteiger charge is -2.05. The first-order valence-electron chi connectivity index (χ1n) is 8.12. The van der Waals surface area contributed by atoms with Crippen LogP contribution in [0.25, 0.3) is 11.3 Å². The Morgan fingerprint density at radius 3 is 2.59 bits per heavy atom. The van der Waals surface area contributed by atoms with Crippen LogP contribution in [0.15, 0.2) is 42.5 Å². The van der Waals surface area contributed by atoms with Crippen LogP contribution in [0.2, 0.25) is 0 Å². The van der Waals surface area contributed by atoms with Gasteiger partial charge >= 0.3 is 6.61 Å². The summed E-state index contributed by atoms with van der Waals surface area (Å²) >= 11 is 1.21. The van der Waals surface area contributed by atoms with E-state index in [0.29, 0.717) is 11.3 Å². The van der Waals surface area contributed by atoms with Crippen molar-refractivity contribution >= 4 is 33.8 Å². The molecule has 0 aliphatic heterocycles. The number of halogens is 2. The van der Waals surface area contributed by atoms with E-state index in [1.54, 1.807) is 19.1 Å². The van der Waals surface area contributed by atoms with Gasteiger partial charge in [-0.25, -0.2) is 4.98 Å². The number of nitro groups is 1. The molecule has 0 unspecified atom stereocenters. The van der Waals surface area contributed by atoms with Crippen LogP contribution in [0.4, 0.5) is 25.3 Å². The number of aromatic nitrogens is 1. The highest BCUT2D eigenvalue weighted by atomic mass is 32.1. The predicted molar refractivity (Wildman–Crippen MR) is 104 cm³/mol. The normalized spacial score (nSPS) is 10.8. The zero-order valence-electron chi connectivity index (χ0n) is 14.9. The van der Waals surface area contributed by atoms with Crippen molar-refractivity contribution in [2.75, 3.05) is 11.1 Å². The number of nitrogens with one attached hydrogen (secondary N) is 1. The molecule has 0 atom stereocenters. The molecule has 3 aromatic rings. The number of nitrogens with zero attached hydrogens (tertiary/aromatic N) is 2. The number of aryl methyl sites for hydroxylation is 1. The third kappa shape index (κ3) is 4.63. The zero-order valence-corrected chi connectivity index (χ0v) is 15.7. The number of amides is 1. The van der Waals surface area contributed by atoms with E-state index in [4.69, 9.17) is 5.73 Å². The van der Waals surface area contributed by atoms with Crippen molar-refractivity contribution in [3.63, 3.8) is 0 Å². The molecule has 3 N–H and O–H groups in total. The van der Waals surface area contributed by atoms with Gasteiger partial charge in [0.25, 0.3) is 11.6 Å². The molecule has 0 aliphatic carbocycles. The maximum Gasteiger partial charge on any atom is 0.387 e. The Kier molecular flexibility index (Phi) is 5.69. The lowest BCUT2D eigenvalue weighted by Crippen LogP contribution is -2.12. The highest BCUT2D eigenvalue weighted by molar-refractivity contribution is 7.16. The van der Waals surface area contributed by atoms with Gasteiger partial charge in [-0.2, -0.15) is 8.78 Å². The minimum Gasteiger partial charge on any atom is -0.435 e. The molecule has 2 aromatic carbocycles. The van der Waals surface area contributed by atoms with E-state index in [1.807, 2.05) is 0 Å². The van der Waals surface area contributed by atoms with Crippen molar-refractivity contribution in [2.24, 2.45) is 0 Å². The van der Waals surface area contributed by atoms with Crippen LogP contribution in [-0.2, 0) is 0 Å². The van der Waals surface area contributed by atoms with E-state index in [-0.39, 0.29) is 27.8 Å². The zero-order chi connectivity index (χ0) is 21.1. The van der Waals surface area contributed by atoms with Crippen molar-refractivity contribution in [3.8, 4) is 17.0 Å². The van der Waals surface area contributed by atoms with Gasteiger partial charge in [0.05, 0.1) is 10.6 Å². The lowest BCUT2D eigenvalue weighted by atomic mass is 10.1. The quantitative estimate of drug-likeness (QED) is 0.345. The molecular formula is C18H14F2N4O4S. The van der Waals surface area contributed by atoms with Crippen molar-refractivity contribution in [1.29, 1.82) is 0 Å². The molecule has 11 heteroatoms. The number of carbonyl (C=O) groups is 1. The van der Waals surface area contributed by atoms with E-state index in [9.17, 15) is 23.7 Å². The molecule has 0 bridgehead atoms. The van der Waals surface area contributed by atoms with Crippen LogP contribution in [0.1, 0.15) is 15.2 Å². The number of hydrogen-bond donors (Lipinski definition) is 2. The van der Waals surface area contributed by atoms with Gasteiger partial charge in [0.2, 0.25) is 0 Å². The van der Waals surface area contributed by atoms with Crippen LogP contribution >= 0.6 is 11.3 Å². The number of anilines is 2. The van der Waals surface area contributed by atoms with Crippen LogP contribution < -0.4 is 15.8 Å². The molecule has 0 radical (unpaired) electrons. The van der Waals surface area contributed by atoms with Gasteiger partial charge in [0, 0.05) is 22.1 Å². The summed E-state index contributed by atoms with van der Waals surface area (Å²) in [5.74, 6) is -0.552. The molecule has 1 amide bonds. The highest BCUT2D eigenvalue weighted by Gasteiger charge is 2.18. The first kappa shape index (κ1) is 20.1. The SMILES string of the molecule is Cc1sc(NC(=O)c2ccc(N)c([N+](=O)[O-])c2)nc1-c1ccc(OC(F)F)cc1. The fraction of sp³-hybridized carbons (Fsp3) is 0.111. The second kappa shape index (κ2) is 8.19. The summed E-state index contributed by atoms with van der Waals surface area (Å²) in [6.07, 6.45) is 0. The Morgan fingerprint density at radius 1 is 1.28 bits per heavy atom. The molecule has 150 valence electrons. The second-order valence-electron chi connectivity index (χ2n) is 5.81. The van der Waals surface area contributed by atoms with E-state index >= 15 is 0 Å². The average Bonchev–Trinajstić information content (AvgIpc) is 3.02. The minimum absolute atomic E-state index is 0.0232. The van der Waals surface area contributed by atoms with Crippen LogP contribution in [-0.4, -0.2) is 22.4 Å². The Balaban J connectivity index is 1.79. The van der Waals surface area contributed by atoms with Gasteiger partial charge in [-0.15, -0.1) is 11.3 Å². The molecule has 0 aliphatic rings. The molecule has 1 aromatic heterocycles. The Morgan fingerprint density at radius 2 is 1.97 bits per heavy atom. The molecule has 29 heavy (non-hydrogen) atoms. The molecule has 1 heterocycles. The van der Waals surface area contributed by atoms with Gasteiger partial charge in [0.15, 0.2) is 5.13 Å². The number of nitrogens with two attached hydrogens (primary N) is 1. The fourth-order valence-electron chi connectivity index (χ4n) is 2.52. The standard InChI is InChI=1S/C18H14F2N4O4S/c1-9-15(10-2-5-12(6-3-10)28-17(19)20)22-18(29-9)23-16(25)11-4-7-13(21)14(8-11)24(26)27/h2-8,17H,21H2,1H3,(H,22,23,25). The van der Waals surface area contributed by atoms with Crippen molar-refractivity contribution in [1.82, 2.24) is 4.98 Å². The average molecular weight is 420 g/mol. The molecule has 3 rings (SSSR count). The fourth-order valence-corrected chi connectivity index (χ4v) is 3.36. The second-order valence-corrected chi connectivity index (χ2v) is 7.01. The van der Waals surface area contributed by atoms with Crippen molar-refractivity contribution < 1.29 is 23.2 Å². The third-order valence-electron chi connectivity index (χ3n) is 3.86. The Bertz CT molecular complexity index is 1070. The summed E-state index contributed by atoms with van der Waals surface area (Å²) in [5, 5.41) is 13.9. The number of carbonyl (C=O) groups excluding carboxylic acids is 1. The van der Waals surface area contributed by atoms with Gasteiger partial charge in [-0.05, 0) is 43.3 Å². The van der Waals surface area contributed by atoms with E-state index in [2.05, 4.69) is 15.0 Å². The number of alkyl halides is 2. The number of rotatable bonds is 6.